The van der Waals surface area contributed by atoms with E-state index in [2.05, 4.69) is 6.92 Å². The van der Waals surface area contributed by atoms with Gasteiger partial charge in [0.05, 0.1) is 0 Å². The van der Waals surface area contributed by atoms with Gasteiger partial charge in [-0.1, -0.05) is 26.2 Å². The van der Waals surface area contributed by atoms with Gasteiger partial charge in [-0.25, -0.2) is 0 Å². The molecular weight excluding hydrogens is 164 g/mol. The zero-order valence-corrected chi connectivity index (χ0v) is 8.88. The summed E-state index contributed by atoms with van der Waals surface area (Å²) in [6, 6.07) is 0. The van der Waals surface area contributed by atoms with E-state index in [1.54, 1.807) is 6.92 Å². The van der Waals surface area contributed by atoms with E-state index in [0.717, 1.165) is 25.7 Å². The molecule has 0 saturated heterocycles. The molecule has 0 aliphatic rings. The number of aliphatic hydroxyl groups is 1. The first kappa shape index (κ1) is 12.6. The molecule has 0 rings (SSSR count). The Morgan fingerprint density at radius 1 is 1.23 bits per heavy atom. The lowest BCUT2D eigenvalue weighted by Crippen LogP contribution is -2.11. The van der Waals surface area contributed by atoms with Crippen LogP contribution in [0.1, 0.15) is 52.4 Å². The van der Waals surface area contributed by atoms with Crippen LogP contribution in [-0.2, 0) is 4.79 Å². The lowest BCUT2D eigenvalue weighted by atomic mass is 9.93. The molecule has 1 atom stereocenters. The van der Waals surface area contributed by atoms with Crippen LogP contribution in [0.25, 0.3) is 0 Å². The summed E-state index contributed by atoms with van der Waals surface area (Å²) in [4.78, 5) is 11.2. The van der Waals surface area contributed by atoms with Gasteiger partial charge in [-0.3, -0.25) is 4.79 Å². The maximum absolute atomic E-state index is 11.2. The van der Waals surface area contributed by atoms with Crippen LogP contribution in [0.4, 0.5) is 0 Å². The summed E-state index contributed by atoms with van der Waals surface area (Å²) in [6.45, 7) is 4.03. The van der Waals surface area contributed by atoms with E-state index in [-0.39, 0.29) is 18.3 Å². The minimum absolute atomic E-state index is 0.193. The second kappa shape index (κ2) is 8.24. The summed E-state index contributed by atoms with van der Waals surface area (Å²) < 4.78 is 0. The fourth-order valence-electron chi connectivity index (χ4n) is 1.53. The van der Waals surface area contributed by atoms with Crippen LogP contribution in [0.15, 0.2) is 0 Å². The summed E-state index contributed by atoms with van der Waals surface area (Å²) in [5.41, 5.74) is 0. The van der Waals surface area contributed by atoms with Crippen molar-refractivity contribution in [1.82, 2.24) is 0 Å². The highest BCUT2D eigenvalue weighted by atomic mass is 16.2. The van der Waals surface area contributed by atoms with Gasteiger partial charge in [0.1, 0.15) is 5.78 Å². The van der Waals surface area contributed by atoms with E-state index in [1.807, 2.05) is 0 Å². The minimum atomic E-state index is 0.193. The molecule has 0 heterocycles. The molecule has 0 spiro atoms. The van der Waals surface area contributed by atoms with E-state index in [9.17, 15) is 4.79 Å². The molecule has 2 heteroatoms. The van der Waals surface area contributed by atoms with Gasteiger partial charge in [-0.05, 0) is 26.2 Å². The molecule has 0 fully saturated rings. The van der Waals surface area contributed by atoms with E-state index in [0.29, 0.717) is 0 Å². The van der Waals surface area contributed by atoms with Crippen LogP contribution in [0.5, 0.6) is 0 Å². The predicted octanol–water partition coefficient (Wildman–Crippen LogP) is 2.54. The van der Waals surface area contributed by atoms with E-state index in [1.165, 1.54) is 12.8 Å². The summed E-state index contributed by atoms with van der Waals surface area (Å²) in [7, 11) is 0. The van der Waals surface area contributed by atoms with Gasteiger partial charge in [-0.2, -0.15) is 0 Å². The zero-order valence-electron chi connectivity index (χ0n) is 8.88. The molecule has 2 nitrogen and oxygen atoms in total. The number of Topliss-reactive ketones (excluding diaryl/α,β-unsaturated/α-hetero) is 1. The number of hydrogen-bond donors (Lipinski definition) is 1. The number of rotatable bonds is 8. The Kier molecular flexibility index (Phi) is 8.00. The molecule has 0 aromatic carbocycles. The fraction of sp³-hybridized carbons (Fsp3) is 0.909. The maximum atomic E-state index is 11.2. The van der Waals surface area contributed by atoms with E-state index >= 15 is 0 Å². The molecule has 13 heavy (non-hydrogen) atoms. The molecular formula is C11H22O2. The standard InChI is InChI=1S/C11H22O2/c1-3-4-5-7-11(10(2)13)8-6-9-12/h11-12H,3-9H2,1-2H3. The number of ketones is 1. The van der Waals surface area contributed by atoms with E-state index in [4.69, 9.17) is 5.11 Å². The Morgan fingerprint density at radius 2 is 1.85 bits per heavy atom. The average molecular weight is 186 g/mol. The molecule has 0 aliphatic carbocycles. The van der Waals surface area contributed by atoms with Gasteiger partial charge in [0.2, 0.25) is 0 Å². The minimum Gasteiger partial charge on any atom is -0.396 e. The molecule has 78 valence electrons. The Labute approximate surface area is 81.3 Å². The third-order valence-electron chi connectivity index (χ3n) is 2.44. The van der Waals surface area contributed by atoms with Crippen molar-refractivity contribution in [3.8, 4) is 0 Å². The number of unbranched alkanes of at least 4 members (excludes halogenated alkanes) is 2. The first-order valence-electron chi connectivity index (χ1n) is 5.33. The Bertz CT molecular complexity index is 132. The SMILES string of the molecule is CCCCCC(CCCO)C(C)=O. The second-order valence-corrected chi connectivity index (χ2v) is 3.67. The molecule has 1 unspecified atom stereocenters. The number of hydrogen-bond acceptors (Lipinski definition) is 2. The second-order valence-electron chi connectivity index (χ2n) is 3.67. The average Bonchev–Trinajstić information content (AvgIpc) is 2.10. The highest BCUT2D eigenvalue weighted by Gasteiger charge is 2.12. The van der Waals surface area contributed by atoms with Crippen LogP contribution in [-0.4, -0.2) is 17.5 Å². The first-order valence-corrected chi connectivity index (χ1v) is 5.33. The molecule has 0 aromatic heterocycles. The van der Waals surface area contributed by atoms with Crippen molar-refractivity contribution >= 4 is 5.78 Å². The van der Waals surface area contributed by atoms with Gasteiger partial charge in [0.25, 0.3) is 0 Å². The molecule has 0 aliphatic heterocycles. The van der Waals surface area contributed by atoms with Gasteiger partial charge in [-0.15, -0.1) is 0 Å². The first-order chi connectivity index (χ1) is 6.22. The van der Waals surface area contributed by atoms with Gasteiger partial charge >= 0.3 is 0 Å². The zero-order chi connectivity index (χ0) is 10.1. The van der Waals surface area contributed by atoms with Crippen molar-refractivity contribution in [3.05, 3.63) is 0 Å². The Balaban J connectivity index is 3.61. The lowest BCUT2D eigenvalue weighted by molar-refractivity contribution is -0.121. The van der Waals surface area contributed by atoms with Crippen molar-refractivity contribution in [2.75, 3.05) is 6.61 Å². The summed E-state index contributed by atoms with van der Waals surface area (Å²) in [5.74, 6) is 0.475. The number of aliphatic hydroxyl groups excluding tert-OH is 1. The van der Waals surface area contributed by atoms with Crippen molar-refractivity contribution in [3.63, 3.8) is 0 Å². The molecule has 0 radical (unpaired) electrons. The Morgan fingerprint density at radius 3 is 2.31 bits per heavy atom. The third kappa shape index (κ3) is 6.76. The van der Waals surface area contributed by atoms with Gasteiger partial charge in [0.15, 0.2) is 0 Å². The molecule has 0 saturated carbocycles. The summed E-state index contributed by atoms with van der Waals surface area (Å²) >= 11 is 0. The van der Waals surface area contributed by atoms with Crippen LogP contribution >= 0.6 is 0 Å². The van der Waals surface area contributed by atoms with Crippen LogP contribution in [0.3, 0.4) is 0 Å². The topological polar surface area (TPSA) is 37.3 Å². The Hall–Kier alpha value is -0.370. The highest BCUT2D eigenvalue weighted by molar-refractivity contribution is 5.78. The van der Waals surface area contributed by atoms with Crippen molar-refractivity contribution < 1.29 is 9.90 Å². The van der Waals surface area contributed by atoms with Crippen molar-refractivity contribution in [2.45, 2.75) is 52.4 Å². The van der Waals surface area contributed by atoms with Gasteiger partial charge in [0, 0.05) is 12.5 Å². The quantitative estimate of drug-likeness (QED) is 0.591. The summed E-state index contributed by atoms with van der Waals surface area (Å²) in [5, 5.41) is 8.66. The third-order valence-corrected chi connectivity index (χ3v) is 2.44. The predicted molar refractivity (Wildman–Crippen MR) is 54.6 cm³/mol. The lowest BCUT2D eigenvalue weighted by Gasteiger charge is -2.12. The molecule has 0 bridgehead atoms. The summed E-state index contributed by atoms with van der Waals surface area (Å²) in [6.07, 6.45) is 6.18. The maximum Gasteiger partial charge on any atom is 0.132 e. The smallest absolute Gasteiger partial charge is 0.132 e. The van der Waals surface area contributed by atoms with Crippen molar-refractivity contribution in [1.29, 1.82) is 0 Å². The number of carbonyl (C=O) groups excluding carboxylic acids is 1. The molecule has 1 N–H and O–H groups in total. The fourth-order valence-corrected chi connectivity index (χ4v) is 1.53. The van der Waals surface area contributed by atoms with Crippen LogP contribution < -0.4 is 0 Å². The van der Waals surface area contributed by atoms with Crippen LogP contribution in [0, 0.1) is 5.92 Å². The van der Waals surface area contributed by atoms with E-state index < -0.39 is 0 Å². The monoisotopic (exact) mass is 186 g/mol. The van der Waals surface area contributed by atoms with Gasteiger partial charge < -0.3 is 5.11 Å². The molecule has 0 amide bonds. The van der Waals surface area contributed by atoms with Crippen LogP contribution in [0.2, 0.25) is 0 Å². The molecule has 0 aromatic rings. The largest absolute Gasteiger partial charge is 0.396 e. The normalized spacial score (nSPS) is 12.8. The highest BCUT2D eigenvalue weighted by Crippen LogP contribution is 2.16. The number of carbonyl (C=O) groups is 1. The van der Waals surface area contributed by atoms with Crippen molar-refractivity contribution in [2.24, 2.45) is 5.92 Å².